The molecule has 0 radical (unpaired) electrons. The van der Waals surface area contributed by atoms with Crippen LogP contribution in [0, 0.1) is 0 Å². The van der Waals surface area contributed by atoms with Crippen LogP contribution >= 0.6 is 15.9 Å². The van der Waals surface area contributed by atoms with Crippen molar-refractivity contribution in [2.24, 2.45) is 0 Å². The average molecular weight is 369 g/mol. The molecule has 0 aliphatic rings. The monoisotopic (exact) mass is 368 g/mol. The van der Waals surface area contributed by atoms with Crippen molar-refractivity contribution >= 4 is 15.9 Å². The number of nitrogens with zero attached hydrogens (tertiary/aromatic N) is 2. The Morgan fingerprint density at radius 3 is 2.17 bits per heavy atom. The number of aromatic nitrogens is 2. The van der Waals surface area contributed by atoms with Crippen molar-refractivity contribution in [1.29, 1.82) is 0 Å². The second kappa shape index (κ2) is 7.38. The van der Waals surface area contributed by atoms with Crippen LogP contribution in [0.25, 0.3) is 0 Å². The lowest BCUT2D eigenvalue weighted by atomic mass is 9.89. The van der Waals surface area contributed by atoms with Crippen molar-refractivity contribution in [2.75, 3.05) is 0 Å². The van der Waals surface area contributed by atoms with Gasteiger partial charge in [0.15, 0.2) is 0 Å². The summed E-state index contributed by atoms with van der Waals surface area (Å²) in [4.78, 5) is 8.11. The molecule has 23 heavy (non-hydrogen) atoms. The summed E-state index contributed by atoms with van der Waals surface area (Å²) in [6.07, 6.45) is 5.89. The molecule has 3 aromatic rings. The molecule has 0 aliphatic heterocycles. The van der Waals surface area contributed by atoms with Gasteiger partial charge in [0, 0.05) is 22.8 Å². The van der Waals surface area contributed by atoms with Crippen LogP contribution in [0.5, 0.6) is 11.6 Å². The van der Waals surface area contributed by atoms with Gasteiger partial charge in [-0.25, -0.2) is 4.98 Å². The summed E-state index contributed by atoms with van der Waals surface area (Å²) in [6, 6.07) is 16.7. The third kappa shape index (κ3) is 3.96. The largest absolute Gasteiger partial charge is 0.438 e. The molecule has 0 saturated carbocycles. The van der Waals surface area contributed by atoms with Gasteiger partial charge >= 0.3 is 0 Å². The summed E-state index contributed by atoms with van der Waals surface area (Å²) in [7, 11) is 0. The highest BCUT2D eigenvalue weighted by Crippen LogP contribution is 2.30. The zero-order valence-corrected chi connectivity index (χ0v) is 14.4. The zero-order valence-electron chi connectivity index (χ0n) is 12.8. The summed E-state index contributed by atoms with van der Waals surface area (Å²) in [5, 5.41) is 0. The molecule has 0 bridgehead atoms. The van der Waals surface area contributed by atoms with Gasteiger partial charge in [-0.15, -0.1) is 0 Å². The maximum absolute atomic E-state index is 5.69. The van der Waals surface area contributed by atoms with Gasteiger partial charge in [0.2, 0.25) is 5.88 Å². The van der Waals surface area contributed by atoms with E-state index in [4.69, 9.17) is 4.74 Å². The van der Waals surface area contributed by atoms with E-state index in [9.17, 15) is 0 Å². The fourth-order valence-corrected chi connectivity index (χ4v) is 2.85. The number of benzene rings is 2. The average Bonchev–Trinajstić information content (AvgIpc) is 2.60. The maximum atomic E-state index is 5.69. The van der Waals surface area contributed by atoms with Crippen molar-refractivity contribution in [3.05, 3.63) is 82.7 Å². The molecule has 3 rings (SSSR count). The van der Waals surface area contributed by atoms with E-state index >= 15 is 0 Å². The van der Waals surface area contributed by atoms with Crippen molar-refractivity contribution in [3.63, 3.8) is 0 Å². The van der Waals surface area contributed by atoms with E-state index in [0.29, 0.717) is 11.8 Å². The van der Waals surface area contributed by atoms with Gasteiger partial charge in [-0.2, -0.15) is 0 Å². The van der Waals surface area contributed by atoms with E-state index in [1.807, 2.05) is 12.1 Å². The molecule has 1 aromatic heterocycles. The van der Waals surface area contributed by atoms with Gasteiger partial charge < -0.3 is 4.74 Å². The highest BCUT2D eigenvalue weighted by molar-refractivity contribution is 9.10. The molecule has 116 valence electrons. The lowest BCUT2D eigenvalue weighted by Gasteiger charge is -2.16. The van der Waals surface area contributed by atoms with E-state index in [2.05, 4.69) is 69.2 Å². The van der Waals surface area contributed by atoms with Crippen molar-refractivity contribution in [3.8, 4) is 11.6 Å². The Kier molecular flexibility index (Phi) is 5.03. The van der Waals surface area contributed by atoms with E-state index in [1.165, 1.54) is 11.1 Å². The number of hydrogen-bond donors (Lipinski definition) is 0. The Bertz CT molecular complexity index is 743. The SMILES string of the molecule is CCC(c1ccc(Br)cc1)c1ccc(Oc2cnccn2)cc1. The molecule has 2 aromatic carbocycles. The fraction of sp³-hybridized carbons (Fsp3) is 0.158. The molecule has 3 nitrogen and oxygen atoms in total. The quantitative estimate of drug-likeness (QED) is 0.589. The van der Waals surface area contributed by atoms with E-state index in [-0.39, 0.29) is 0 Å². The first-order chi connectivity index (χ1) is 11.3. The predicted molar refractivity (Wildman–Crippen MR) is 94.8 cm³/mol. The molecular weight excluding hydrogens is 352 g/mol. The van der Waals surface area contributed by atoms with Crippen LogP contribution in [0.3, 0.4) is 0 Å². The van der Waals surface area contributed by atoms with Crippen LogP contribution in [0.4, 0.5) is 0 Å². The first kappa shape index (κ1) is 15.7. The molecule has 0 saturated heterocycles. The standard InChI is InChI=1S/C19H17BrN2O/c1-2-18(14-3-7-16(20)8-4-14)15-5-9-17(10-6-15)23-19-13-21-11-12-22-19/h3-13,18H,2H2,1H3. The van der Waals surface area contributed by atoms with E-state index < -0.39 is 0 Å². The molecule has 0 N–H and O–H groups in total. The Labute approximate surface area is 144 Å². The van der Waals surface area contributed by atoms with Gasteiger partial charge in [0.25, 0.3) is 0 Å². The topological polar surface area (TPSA) is 35.0 Å². The van der Waals surface area contributed by atoms with E-state index in [1.54, 1.807) is 18.6 Å². The summed E-state index contributed by atoms with van der Waals surface area (Å²) in [5.41, 5.74) is 2.60. The Hall–Kier alpha value is -2.20. The smallest absolute Gasteiger partial charge is 0.237 e. The van der Waals surface area contributed by atoms with Crippen LogP contribution in [0.1, 0.15) is 30.4 Å². The first-order valence-corrected chi connectivity index (χ1v) is 8.35. The number of halogens is 1. The summed E-state index contributed by atoms with van der Waals surface area (Å²) < 4.78 is 6.79. The molecule has 0 amide bonds. The maximum Gasteiger partial charge on any atom is 0.237 e. The molecule has 1 unspecified atom stereocenters. The van der Waals surface area contributed by atoms with Crippen LogP contribution in [-0.2, 0) is 0 Å². The summed E-state index contributed by atoms with van der Waals surface area (Å²) >= 11 is 3.49. The third-order valence-corrected chi connectivity index (χ3v) is 4.25. The molecule has 0 spiro atoms. The molecule has 4 heteroatoms. The highest BCUT2D eigenvalue weighted by atomic mass is 79.9. The molecule has 0 fully saturated rings. The molecule has 1 atom stereocenters. The number of ether oxygens (including phenoxy) is 1. The lowest BCUT2D eigenvalue weighted by Crippen LogP contribution is -1.99. The van der Waals surface area contributed by atoms with Crippen LogP contribution in [0.15, 0.2) is 71.6 Å². The van der Waals surface area contributed by atoms with Gasteiger partial charge in [-0.05, 0) is 41.8 Å². The van der Waals surface area contributed by atoms with Crippen molar-refractivity contribution < 1.29 is 4.74 Å². The molecular formula is C19H17BrN2O. The minimum absolute atomic E-state index is 0.383. The van der Waals surface area contributed by atoms with Crippen molar-refractivity contribution in [2.45, 2.75) is 19.3 Å². The van der Waals surface area contributed by atoms with Gasteiger partial charge in [0.1, 0.15) is 5.75 Å². The second-order valence-electron chi connectivity index (χ2n) is 5.23. The van der Waals surface area contributed by atoms with Gasteiger partial charge in [-0.1, -0.05) is 47.1 Å². The van der Waals surface area contributed by atoms with Gasteiger partial charge in [-0.3, -0.25) is 4.98 Å². The van der Waals surface area contributed by atoms with Crippen LogP contribution in [-0.4, -0.2) is 9.97 Å². The Morgan fingerprint density at radius 1 is 0.957 bits per heavy atom. The summed E-state index contributed by atoms with van der Waals surface area (Å²) in [6.45, 7) is 2.21. The molecule has 1 heterocycles. The minimum atomic E-state index is 0.383. The first-order valence-electron chi connectivity index (χ1n) is 7.55. The predicted octanol–water partition coefficient (Wildman–Crippen LogP) is 5.57. The number of rotatable bonds is 5. The Balaban J connectivity index is 1.78. The highest BCUT2D eigenvalue weighted by Gasteiger charge is 2.12. The summed E-state index contributed by atoms with van der Waals surface area (Å²) in [5.74, 6) is 1.65. The van der Waals surface area contributed by atoms with Crippen LogP contribution < -0.4 is 4.74 Å². The second-order valence-corrected chi connectivity index (χ2v) is 6.14. The minimum Gasteiger partial charge on any atom is -0.438 e. The fourth-order valence-electron chi connectivity index (χ4n) is 2.59. The molecule has 0 aliphatic carbocycles. The van der Waals surface area contributed by atoms with Crippen LogP contribution in [0.2, 0.25) is 0 Å². The lowest BCUT2D eigenvalue weighted by molar-refractivity contribution is 0.460. The van der Waals surface area contributed by atoms with Gasteiger partial charge in [0.05, 0.1) is 6.20 Å². The zero-order chi connectivity index (χ0) is 16.1. The number of hydrogen-bond acceptors (Lipinski definition) is 3. The normalized spacial score (nSPS) is 11.9. The third-order valence-electron chi connectivity index (χ3n) is 3.72. The van der Waals surface area contributed by atoms with Crippen molar-refractivity contribution in [1.82, 2.24) is 9.97 Å². The van der Waals surface area contributed by atoms with E-state index in [0.717, 1.165) is 16.6 Å². The Morgan fingerprint density at radius 2 is 1.61 bits per heavy atom.